The maximum atomic E-state index is 12.3. The molecular weight excluding hydrogens is 364 g/mol. The Morgan fingerprint density at radius 2 is 1.93 bits per heavy atom. The van der Waals surface area contributed by atoms with Gasteiger partial charge in [0.15, 0.2) is 11.8 Å². The van der Waals surface area contributed by atoms with Crippen molar-refractivity contribution < 1.29 is 14.3 Å². The van der Waals surface area contributed by atoms with Gasteiger partial charge in [-0.1, -0.05) is 30.0 Å². The van der Waals surface area contributed by atoms with E-state index in [1.807, 2.05) is 38.1 Å². The third-order valence-corrected chi connectivity index (χ3v) is 4.35. The van der Waals surface area contributed by atoms with Crippen LogP contribution in [0.15, 0.2) is 35.5 Å². The normalized spacial score (nSPS) is 10.1. The second kappa shape index (κ2) is 10.3. The van der Waals surface area contributed by atoms with Crippen molar-refractivity contribution >= 4 is 23.6 Å². The molecule has 0 fully saturated rings. The largest absolute Gasteiger partial charge is 0.452 e. The summed E-state index contributed by atoms with van der Waals surface area (Å²) in [6, 6.07) is 10.9. The molecule has 2 rings (SSSR count). The van der Waals surface area contributed by atoms with Crippen LogP contribution < -0.4 is 5.32 Å². The lowest BCUT2D eigenvalue weighted by atomic mass is 10.1. The summed E-state index contributed by atoms with van der Waals surface area (Å²) in [6.45, 7) is 3.67. The SMILES string of the molecule is Cc1cc(C)nc(SCc2ccccc2C(=O)OCC(=O)NCCC#N)n1. The van der Waals surface area contributed by atoms with E-state index in [0.717, 1.165) is 17.0 Å². The predicted octanol–water partition coefficient (Wildman–Crippen LogP) is 2.57. The number of hydrogen-bond acceptors (Lipinski definition) is 7. The number of hydrogen-bond donors (Lipinski definition) is 1. The first-order valence-electron chi connectivity index (χ1n) is 8.33. The van der Waals surface area contributed by atoms with E-state index in [1.54, 1.807) is 12.1 Å². The Morgan fingerprint density at radius 3 is 2.63 bits per heavy atom. The number of nitriles is 1. The first-order chi connectivity index (χ1) is 13.0. The van der Waals surface area contributed by atoms with Crippen molar-refractivity contribution in [2.45, 2.75) is 31.2 Å². The molecule has 2 aromatic rings. The second-order valence-electron chi connectivity index (χ2n) is 5.71. The highest BCUT2D eigenvalue weighted by molar-refractivity contribution is 7.98. The summed E-state index contributed by atoms with van der Waals surface area (Å²) in [5, 5.41) is 11.6. The molecule has 0 radical (unpaired) electrons. The number of ether oxygens (including phenoxy) is 1. The summed E-state index contributed by atoms with van der Waals surface area (Å²) in [7, 11) is 0. The highest BCUT2D eigenvalue weighted by Gasteiger charge is 2.15. The number of thioether (sulfide) groups is 1. The third-order valence-electron chi connectivity index (χ3n) is 3.45. The van der Waals surface area contributed by atoms with Gasteiger partial charge >= 0.3 is 5.97 Å². The summed E-state index contributed by atoms with van der Waals surface area (Å²) in [6.07, 6.45) is 0.209. The fourth-order valence-corrected chi connectivity index (χ4v) is 3.22. The molecule has 1 aromatic heterocycles. The summed E-state index contributed by atoms with van der Waals surface area (Å²) in [5.41, 5.74) is 2.96. The monoisotopic (exact) mass is 384 g/mol. The van der Waals surface area contributed by atoms with Crippen molar-refractivity contribution in [1.29, 1.82) is 5.26 Å². The van der Waals surface area contributed by atoms with Crippen LogP contribution in [0.1, 0.15) is 33.7 Å². The van der Waals surface area contributed by atoms with Gasteiger partial charge in [-0.05, 0) is 31.5 Å². The maximum Gasteiger partial charge on any atom is 0.338 e. The zero-order chi connectivity index (χ0) is 19.6. The average Bonchev–Trinajstić information content (AvgIpc) is 2.64. The third kappa shape index (κ3) is 6.72. The number of aromatic nitrogens is 2. The summed E-state index contributed by atoms with van der Waals surface area (Å²) >= 11 is 1.43. The van der Waals surface area contributed by atoms with Crippen LogP contribution in [-0.2, 0) is 15.3 Å². The van der Waals surface area contributed by atoms with Gasteiger partial charge in [-0.3, -0.25) is 4.79 Å². The van der Waals surface area contributed by atoms with Gasteiger partial charge < -0.3 is 10.1 Å². The molecule has 0 atom stereocenters. The topological polar surface area (TPSA) is 105 Å². The Kier molecular flexibility index (Phi) is 7.77. The molecule has 140 valence electrons. The van der Waals surface area contributed by atoms with E-state index >= 15 is 0 Å². The van der Waals surface area contributed by atoms with Crippen molar-refractivity contribution in [3.05, 3.63) is 52.8 Å². The van der Waals surface area contributed by atoms with E-state index in [1.165, 1.54) is 11.8 Å². The first-order valence-corrected chi connectivity index (χ1v) is 9.32. The van der Waals surface area contributed by atoms with Crippen LogP contribution in [0.4, 0.5) is 0 Å². The molecule has 7 nitrogen and oxygen atoms in total. The van der Waals surface area contributed by atoms with Gasteiger partial charge in [0.05, 0.1) is 18.1 Å². The fraction of sp³-hybridized carbons (Fsp3) is 0.316. The molecule has 0 saturated carbocycles. The Labute approximate surface area is 162 Å². The van der Waals surface area contributed by atoms with Gasteiger partial charge in [0, 0.05) is 23.7 Å². The van der Waals surface area contributed by atoms with Crippen molar-refractivity contribution in [1.82, 2.24) is 15.3 Å². The summed E-state index contributed by atoms with van der Waals surface area (Å²) in [4.78, 5) is 32.7. The Balaban J connectivity index is 1.97. The van der Waals surface area contributed by atoms with E-state index in [0.29, 0.717) is 16.5 Å². The maximum absolute atomic E-state index is 12.3. The molecule has 0 unspecified atom stereocenters. The molecule has 1 N–H and O–H groups in total. The zero-order valence-corrected chi connectivity index (χ0v) is 16.0. The van der Waals surface area contributed by atoms with E-state index in [2.05, 4.69) is 15.3 Å². The van der Waals surface area contributed by atoms with Gasteiger partial charge in [-0.25, -0.2) is 14.8 Å². The minimum atomic E-state index is -0.567. The van der Waals surface area contributed by atoms with Gasteiger partial charge in [0.25, 0.3) is 5.91 Å². The molecule has 0 saturated heterocycles. The fourth-order valence-electron chi connectivity index (χ4n) is 2.26. The molecule has 27 heavy (non-hydrogen) atoms. The molecule has 0 spiro atoms. The van der Waals surface area contributed by atoms with Crippen LogP contribution >= 0.6 is 11.8 Å². The lowest BCUT2D eigenvalue weighted by molar-refractivity contribution is -0.124. The molecule has 0 aliphatic rings. The molecule has 1 aromatic carbocycles. The smallest absolute Gasteiger partial charge is 0.338 e. The van der Waals surface area contributed by atoms with E-state index in [-0.39, 0.29) is 19.6 Å². The Hall–Kier alpha value is -2.92. The zero-order valence-electron chi connectivity index (χ0n) is 15.2. The highest BCUT2D eigenvalue weighted by Crippen LogP contribution is 2.22. The van der Waals surface area contributed by atoms with Crippen LogP contribution in [0.3, 0.4) is 0 Å². The standard InChI is InChI=1S/C19H20N4O3S/c1-13-10-14(2)23-19(22-13)27-12-15-6-3-4-7-16(15)18(25)26-11-17(24)21-9-5-8-20/h3-4,6-7,10H,5,9,11-12H2,1-2H3,(H,21,24). The molecule has 0 aliphatic heterocycles. The molecule has 8 heteroatoms. The number of esters is 1. The van der Waals surface area contributed by atoms with Crippen LogP contribution in [0.25, 0.3) is 0 Å². The predicted molar refractivity (Wildman–Crippen MR) is 101 cm³/mol. The van der Waals surface area contributed by atoms with Crippen LogP contribution in [0, 0.1) is 25.2 Å². The van der Waals surface area contributed by atoms with Gasteiger partial charge in [0.2, 0.25) is 0 Å². The van der Waals surface area contributed by atoms with E-state index in [9.17, 15) is 9.59 Å². The number of amides is 1. The first kappa shape index (κ1) is 20.4. The Morgan fingerprint density at radius 1 is 1.22 bits per heavy atom. The number of nitrogens with zero attached hydrogens (tertiary/aromatic N) is 3. The highest BCUT2D eigenvalue weighted by atomic mass is 32.2. The van der Waals surface area contributed by atoms with Crippen LogP contribution in [-0.4, -0.2) is 35.0 Å². The van der Waals surface area contributed by atoms with Crippen LogP contribution in [0.5, 0.6) is 0 Å². The average molecular weight is 384 g/mol. The number of nitrogens with one attached hydrogen (secondary N) is 1. The number of carbonyl (C=O) groups excluding carboxylic acids is 2. The molecule has 0 aliphatic carbocycles. The van der Waals surface area contributed by atoms with Gasteiger partial charge in [-0.2, -0.15) is 5.26 Å². The molecule has 1 amide bonds. The number of aryl methyl sites for hydroxylation is 2. The minimum Gasteiger partial charge on any atom is -0.452 e. The van der Waals surface area contributed by atoms with Crippen molar-refractivity contribution in [2.24, 2.45) is 0 Å². The summed E-state index contributed by atoms with van der Waals surface area (Å²) in [5.74, 6) is -0.500. The van der Waals surface area contributed by atoms with Crippen molar-refractivity contribution in [2.75, 3.05) is 13.2 Å². The van der Waals surface area contributed by atoms with Crippen molar-refractivity contribution in [3.63, 3.8) is 0 Å². The van der Waals surface area contributed by atoms with E-state index in [4.69, 9.17) is 10.00 Å². The van der Waals surface area contributed by atoms with Crippen LogP contribution in [0.2, 0.25) is 0 Å². The Bertz CT molecular complexity index is 844. The lowest BCUT2D eigenvalue weighted by Crippen LogP contribution is -2.29. The lowest BCUT2D eigenvalue weighted by Gasteiger charge is -2.09. The van der Waals surface area contributed by atoms with Gasteiger partial charge in [-0.15, -0.1) is 0 Å². The number of rotatable bonds is 8. The second-order valence-corrected chi connectivity index (χ2v) is 6.66. The van der Waals surface area contributed by atoms with E-state index < -0.39 is 11.9 Å². The quantitative estimate of drug-likeness (QED) is 0.323. The number of carbonyl (C=O) groups is 2. The number of benzene rings is 1. The minimum absolute atomic E-state index is 0.209. The molecular formula is C19H20N4O3S. The molecule has 0 bridgehead atoms. The van der Waals surface area contributed by atoms with Gasteiger partial charge in [0.1, 0.15) is 0 Å². The van der Waals surface area contributed by atoms with Crippen molar-refractivity contribution in [3.8, 4) is 6.07 Å². The summed E-state index contributed by atoms with van der Waals surface area (Å²) < 4.78 is 5.08. The molecule has 1 heterocycles.